The standard InChI is InChI=1S/C14H18N4O/c1-10-2-4-12(5-3-10)15-14-16-13(17-18-14)11-6-8-19-9-7-11/h2-5,11H,6-9H2,1H3,(H2,15,16,17,18). The maximum Gasteiger partial charge on any atom is 0.246 e. The molecule has 100 valence electrons. The van der Waals surface area contributed by atoms with Crippen LogP contribution in [-0.2, 0) is 4.74 Å². The summed E-state index contributed by atoms with van der Waals surface area (Å²) < 4.78 is 5.36. The first kappa shape index (κ1) is 12.2. The summed E-state index contributed by atoms with van der Waals surface area (Å²) in [7, 11) is 0. The molecule has 0 aliphatic carbocycles. The average molecular weight is 258 g/mol. The molecule has 0 saturated carbocycles. The average Bonchev–Trinajstić information content (AvgIpc) is 2.91. The zero-order chi connectivity index (χ0) is 13.1. The first-order valence-corrected chi connectivity index (χ1v) is 6.65. The predicted octanol–water partition coefficient (Wildman–Crippen LogP) is 2.75. The number of anilines is 2. The van der Waals surface area contributed by atoms with Crippen molar-refractivity contribution in [1.82, 2.24) is 15.2 Å². The smallest absolute Gasteiger partial charge is 0.246 e. The molecule has 5 nitrogen and oxygen atoms in total. The van der Waals surface area contributed by atoms with Crippen LogP contribution in [-0.4, -0.2) is 28.4 Å². The Labute approximate surface area is 112 Å². The van der Waals surface area contributed by atoms with Crippen molar-refractivity contribution >= 4 is 11.6 Å². The second-order valence-corrected chi connectivity index (χ2v) is 4.92. The number of hydrogen-bond donors (Lipinski definition) is 2. The maximum absolute atomic E-state index is 5.36. The molecule has 19 heavy (non-hydrogen) atoms. The fraction of sp³-hybridized carbons (Fsp3) is 0.429. The number of aromatic nitrogens is 3. The van der Waals surface area contributed by atoms with Crippen molar-refractivity contribution in [3.05, 3.63) is 35.7 Å². The number of nitrogens with zero attached hydrogens (tertiary/aromatic N) is 2. The van der Waals surface area contributed by atoms with Gasteiger partial charge in [-0.15, -0.1) is 5.10 Å². The van der Waals surface area contributed by atoms with Crippen molar-refractivity contribution in [2.75, 3.05) is 18.5 Å². The number of benzene rings is 1. The fourth-order valence-electron chi connectivity index (χ4n) is 2.25. The summed E-state index contributed by atoms with van der Waals surface area (Å²) in [5, 5.41) is 10.5. The first-order chi connectivity index (χ1) is 9.31. The van der Waals surface area contributed by atoms with Crippen molar-refractivity contribution in [3.63, 3.8) is 0 Å². The van der Waals surface area contributed by atoms with Gasteiger partial charge in [0.05, 0.1) is 0 Å². The van der Waals surface area contributed by atoms with E-state index in [0.29, 0.717) is 11.9 Å². The van der Waals surface area contributed by atoms with E-state index >= 15 is 0 Å². The van der Waals surface area contributed by atoms with E-state index in [1.807, 2.05) is 12.1 Å². The van der Waals surface area contributed by atoms with Gasteiger partial charge in [-0.3, -0.25) is 5.10 Å². The molecular weight excluding hydrogens is 240 g/mol. The summed E-state index contributed by atoms with van der Waals surface area (Å²) >= 11 is 0. The summed E-state index contributed by atoms with van der Waals surface area (Å²) in [5.41, 5.74) is 2.24. The van der Waals surface area contributed by atoms with E-state index in [1.165, 1.54) is 5.56 Å². The zero-order valence-electron chi connectivity index (χ0n) is 11.0. The van der Waals surface area contributed by atoms with Crippen LogP contribution in [0.5, 0.6) is 0 Å². The van der Waals surface area contributed by atoms with Crippen LogP contribution in [0.25, 0.3) is 0 Å². The summed E-state index contributed by atoms with van der Waals surface area (Å²) in [6, 6.07) is 8.18. The molecule has 1 fully saturated rings. The highest BCUT2D eigenvalue weighted by Crippen LogP contribution is 2.25. The van der Waals surface area contributed by atoms with Crippen LogP contribution in [0.2, 0.25) is 0 Å². The van der Waals surface area contributed by atoms with E-state index in [9.17, 15) is 0 Å². The van der Waals surface area contributed by atoms with Gasteiger partial charge in [0.25, 0.3) is 0 Å². The highest BCUT2D eigenvalue weighted by atomic mass is 16.5. The van der Waals surface area contributed by atoms with E-state index < -0.39 is 0 Å². The summed E-state index contributed by atoms with van der Waals surface area (Å²) in [5.74, 6) is 2.03. The van der Waals surface area contributed by atoms with Crippen molar-refractivity contribution in [2.24, 2.45) is 0 Å². The Morgan fingerprint density at radius 2 is 1.95 bits per heavy atom. The van der Waals surface area contributed by atoms with Crippen LogP contribution in [0.1, 0.15) is 30.1 Å². The van der Waals surface area contributed by atoms with E-state index in [1.54, 1.807) is 0 Å². The summed E-state index contributed by atoms with van der Waals surface area (Å²) in [6.45, 7) is 3.69. The molecule has 2 aromatic rings. The molecule has 0 amide bonds. The summed E-state index contributed by atoms with van der Waals surface area (Å²) in [4.78, 5) is 4.52. The molecule has 0 spiro atoms. The monoisotopic (exact) mass is 258 g/mol. The number of H-pyrrole nitrogens is 1. The van der Waals surface area contributed by atoms with Gasteiger partial charge in [-0.2, -0.15) is 4.98 Å². The van der Waals surface area contributed by atoms with Crippen molar-refractivity contribution in [2.45, 2.75) is 25.7 Å². The van der Waals surface area contributed by atoms with Crippen molar-refractivity contribution < 1.29 is 4.74 Å². The van der Waals surface area contributed by atoms with Crippen LogP contribution in [0.4, 0.5) is 11.6 Å². The van der Waals surface area contributed by atoms with E-state index in [4.69, 9.17) is 4.74 Å². The molecule has 2 heterocycles. The van der Waals surface area contributed by atoms with Crippen LogP contribution in [0.3, 0.4) is 0 Å². The summed E-state index contributed by atoms with van der Waals surface area (Å²) in [6.07, 6.45) is 2.03. The third-order valence-corrected chi connectivity index (χ3v) is 3.42. The Morgan fingerprint density at radius 1 is 1.21 bits per heavy atom. The number of aryl methyl sites for hydroxylation is 1. The van der Waals surface area contributed by atoms with Gasteiger partial charge in [-0.25, -0.2) is 0 Å². The third kappa shape index (κ3) is 2.93. The third-order valence-electron chi connectivity index (χ3n) is 3.42. The Morgan fingerprint density at radius 3 is 2.68 bits per heavy atom. The molecule has 1 aromatic heterocycles. The molecular formula is C14H18N4O. The first-order valence-electron chi connectivity index (χ1n) is 6.65. The highest BCUT2D eigenvalue weighted by molar-refractivity contribution is 5.53. The van der Waals surface area contributed by atoms with Gasteiger partial charge in [0.2, 0.25) is 5.95 Å². The van der Waals surface area contributed by atoms with E-state index in [0.717, 1.165) is 37.6 Å². The highest BCUT2D eigenvalue weighted by Gasteiger charge is 2.19. The Bertz CT molecular complexity index is 529. The fourth-order valence-corrected chi connectivity index (χ4v) is 2.25. The molecule has 1 saturated heterocycles. The minimum Gasteiger partial charge on any atom is -0.381 e. The Balaban J connectivity index is 1.68. The van der Waals surface area contributed by atoms with E-state index in [-0.39, 0.29) is 0 Å². The van der Waals surface area contributed by atoms with Gasteiger partial charge < -0.3 is 10.1 Å². The van der Waals surface area contributed by atoms with Gasteiger partial charge in [0.15, 0.2) is 0 Å². The second kappa shape index (κ2) is 5.40. The van der Waals surface area contributed by atoms with Gasteiger partial charge in [-0.05, 0) is 31.9 Å². The number of rotatable bonds is 3. The Kier molecular flexibility index (Phi) is 3.46. The molecule has 1 aromatic carbocycles. The lowest BCUT2D eigenvalue weighted by atomic mass is 10.00. The number of aromatic amines is 1. The topological polar surface area (TPSA) is 62.8 Å². The lowest BCUT2D eigenvalue weighted by molar-refractivity contribution is 0.0836. The van der Waals surface area contributed by atoms with Crippen LogP contribution in [0, 0.1) is 6.92 Å². The lowest BCUT2D eigenvalue weighted by Gasteiger charge is -2.19. The molecule has 1 aliphatic rings. The minimum absolute atomic E-state index is 0.440. The second-order valence-electron chi connectivity index (χ2n) is 4.92. The van der Waals surface area contributed by atoms with Gasteiger partial charge >= 0.3 is 0 Å². The quantitative estimate of drug-likeness (QED) is 0.888. The normalized spacial score (nSPS) is 16.5. The molecule has 0 unspecified atom stereocenters. The molecule has 2 N–H and O–H groups in total. The van der Waals surface area contributed by atoms with Crippen LogP contribution < -0.4 is 5.32 Å². The lowest BCUT2D eigenvalue weighted by Crippen LogP contribution is -2.15. The molecule has 0 bridgehead atoms. The molecule has 0 atom stereocenters. The van der Waals surface area contributed by atoms with Crippen LogP contribution in [0.15, 0.2) is 24.3 Å². The number of ether oxygens (including phenoxy) is 1. The van der Waals surface area contributed by atoms with Crippen molar-refractivity contribution in [1.29, 1.82) is 0 Å². The van der Waals surface area contributed by atoms with Crippen molar-refractivity contribution in [3.8, 4) is 0 Å². The number of nitrogens with one attached hydrogen (secondary N) is 2. The SMILES string of the molecule is Cc1ccc(Nc2n[nH]c(C3CCOCC3)n2)cc1. The van der Waals surface area contributed by atoms with E-state index in [2.05, 4.69) is 39.6 Å². The molecule has 1 aliphatic heterocycles. The van der Waals surface area contributed by atoms with Gasteiger partial charge in [0, 0.05) is 24.8 Å². The largest absolute Gasteiger partial charge is 0.381 e. The Hall–Kier alpha value is -1.88. The molecule has 3 rings (SSSR count). The molecule has 0 radical (unpaired) electrons. The maximum atomic E-state index is 5.36. The molecule has 5 heteroatoms. The minimum atomic E-state index is 0.440. The van der Waals surface area contributed by atoms with Gasteiger partial charge in [-0.1, -0.05) is 17.7 Å². The zero-order valence-corrected chi connectivity index (χ0v) is 11.0. The number of hydrogen-bond acceptors (Lipinski definition) is 4. The predicted molar refractivity (Wildman–Crippen MR) is 73.6 cm³/mol. The van der Waals surface area contributed by atoms with Gasteiger partial charge in [0.1, 0.15) is 5.82 Å². The van der Waals surface area contributed by atoms with Crippen LogP contribution >= 0.6 is 0 Å².